The number of hydrogen-bond acceptors (Lipinski definition) is 6. The lowest BCUT2D eigenvalue weighted by Crippen LogP contribution is -2.62. The summed E-state index contributed by atoms with van der Waals surface area (Å²) in [6.07, 6.45) is 8.62. The second-order valence-electron chi connectivity index (χ2n) is 7.97. The molecule has 0 radical (unpaired) electrons. The number of anilines is 1. The fourth-order valence-corrected chi connectivity index (χ4v) is 4.72. The number of rotatable bonds is 5. The van der Waals surface area contributed by atoms with Crippen LogP contribution in [-0.2, 0) is 4.79 Å². The maximum Gasteiger partial charge on any atom is 0.311 e. The molecule has 30 heavy (non-hydrogen) atoms. The van der Waals surface area contributed by atoms with Crippen molar-refractivity contribution in [3.63, 3.8) is 0 Å². The molecule has 2 unspecified atom stereocenters. The summed E-state index contributed by atoms with van der Waals surface area (Å²) in [4.78, 5) is 31.3. The summed E-state index contributed by atoms with van der Waals surface area (Å²) in [5.74, 6) is -0.153. The van der Waals surface area contributed by atoms with Crippen LogP contribution in [0.15, 0.2) is 48.6 Å². The Morgan fingerprint density at radius 1 is 1.07 bits per heavy atom. The van der Waals surface area contributed by atoms with Crippen molar-refractivity contribution in [2.75, 3.05) is 51.3 Å². The van der Waals surface area contributed by atoms with E-state index in [0.717, 1.165) is 24.3 Å². The molecule has 1 amide bonds. The van der Waals surface area contributed by atoms with Gasteiger partial charge in [0.15, 0.2) is 0 Å². The Morgan fingerprint density at radius 3 is 2.33 bits per heavy atom. The summed E-state index contributed by atoms with van der Waals surface area (Å²) in [6.45, 7) is 3.78. The highest BCUT2D eigenvalue weighted by Gasteiger charge is 2.57. The van der Waals surface area contributed by atoms with Crippen LogP contribution < -0.4 is 9.64 Å². The number of carbonyl (C=O) groups is 1. The number of amides is 1. The number of ether oxygens (including phenoxy) is 1. The maximum atomic E-state index is 13.4. The highest BCUT2D eigenvalue weighted by molar-refractivity contribution is 5.83. The Kier molecular flexibility index (Phi) is 5.76. The summed E-state index contributed by atoms with van der Waals surface area (Å²) >= 11 is 0. The minimum Gasteiger partial charge on any atom is -0.497 e. The third-order valence-corrected chi connectivity index (χ3v) is 6.41. The van der Waals surface area contributed by atoms with Gasteiger partial charge in [0.2, 0.25) is 5.91 Å². The molecular weight excluding hydrogens is 384 g/mol. The van der Waals surface area contributed by atoms with Crippen LogP contribution in [0.5, 0.6) is 5.75 Å². The Balaban J connectivity index is 1.47. The molecule has 2 fully saturated rings. The Hall–Kier alpha value is -2.87. The minimum atomic E-state index is -1.48. The van der Waals surface area contributed by atoms with Crippen LogP contribution >= 0.6 is 0 Å². The number of benzene rings is 1. The van der Waals surface area contributed by atoms with Gasteiger partial charge in [0, 0.05) is 56.0 Å². The largest absolute Gasteiger partial charge is 0.497 e. The number of nitrogens with zero attached hydrogens (tertiary/aromatic N) is 4. The zero-order chi connectivity index (χ0) is 21.1. The van der Waals surface area contributed by atoms with Crippen LogP contribution in [0.4, 0.5) is 5.69 Å². The van der Waals surface area contributed by atoms with Crippen molar-refractivity contribution in [2.45, 2.75) is 18.5 Å². The Bertz CT molecular complexity index is 839. The van der Waals surface area contributed by atoms with Crippen LogP contribution in [0.1, 0.15) is 12.8 Å². The van der Waals surface area contributed by atoms with E-state index in [0.29, 0.717) is 39.3 Å². The average molecular weight is 412 g/mol. The van der Waals surface area contributed by atoms with Gasteiger partial charge in [0.25, 0.3) is 0 Å². The minimum absolute atomic E-state index is 0.159. The third kappa shape index (κ3) is 3.56. The van der Waals surface area contributed by atoms with E-state index in [-0.39, 0.29) is 10.8 Å². The lowest BCUT2D eigenvalue weighted by atomic mass is 9.85. The van der Waals surface area contributed by atoms with Gasteiger partial charge in [-0.15, -0.1) is 0 Å². The molecule has 0 bridgehead atoms. The zero-order valence-corrected chi connectivity index (χ0v) is 17.3. The quantitative estimate of drug-likeness (QED) is 0.545. The molecule has 1 aromatic rings. The molecule has 3 aliphatic rings. The zero-order valence-electron chi connectivity index (χ0n) is 17.3. The second-order valence-corrected chi connectivity index (χ2v) is 7.97. The number of methoxy groups -OCH3 is 1. The van der Waals surface area contributed by atoms with E-state index in [1.165, 1.54) is 0 Å². The van der Waals surface area contributed by atoms with E-state index in [9.17, 15) is 14.9 Å². The highest BCUT2D eigenvalue weighted by atomic mass is 16.6. The van der Waals surface area contributed by atoms with Crippen molar-refractivity contribution in [3.05, 3.63) is 58.7 Å². The molecule has 8 heteroatoms. The molecule has 8 nitrogen and oxygen atoms in total. The molecule has 4 rings (SSSR count). The molecule has 2 heterocycles. The number of piperazine rings is 1. The maximum absolute atomic E-state index is 13.4. The average Bonchev–Trinajstić information content (AvgIpc) is 3.34. The van der Waals surface area contributed by atoms with Gasteiger partial charge >= 0.3 is 5.66 Å². The van der Waals surface area contributed by atoms with Gasteiger partial charge in [-0.05, 0) is 37.1 Å². The first-order chi connectivity index (χ1) is 14.6. The summed E-state index contributed by atoms with van der Waals surface area (Å²) < 4.78 is 5.21. The number of allylic oxidation sites excluding steroid dienone is 2. The summed E-state index contributed by atoms with van der Waals surface area (Å²) in [6, 6.07) is 7.87. The predicted octanol–water partition coefficient (Wildman–Crippen LogP) is 2.15. The van der Waals surface area contributed by atoms with Crippen molar-refractivity contribution < 1.29 is 14.5 Å². The lowest BCUT2D eigenvalue weighted by Gasteiger charge is -2.41. The van der Waals surface area contributed by atoms with E-state index in [1.54, 1.807) is 36.3 Å². The summed E-state index contributed by atoms with van der Waals surface area (Å²) in [5.41, 5.74) is -0.393. The van der Waals surface area contributed by atoms with Crippen molar-refractivity contribution >= 4 is 11.6 Å². The van der Waals surface area contributed by atoms with Crippen molar-refractivity contribution in [1.29, 1.82) is 0 Å². The number of nitro groups is 1. The molecule has 0 saturated carbocycles. The molecule has 0 aromatic heterocycles. The first-order valence-electron chi connectivity index (χ1n) is 10.5. The van der Waals surface area contributed by atoms with Crippen LogP contribution in [0.2, 0.25) is 0 Å². The monoisotopic (exact) mass is 412 g/mol. The fraction of sp³-hybridized carbons (Fsp3) is 0.500. The summed E-state index contributed by atoms with van der Waals surface area (Å²) in [5, 5.41) is 12.2. The molecule has 1 aliphatic carbocycles. The first kappa shape index (κ1) is 20.4. The molecular formula is C22H28N4O4. The number of hydrogen-bond donors (Lipinski definition) is 0. The topological polar surface area (TPSA) is 79.2 Å². The number of likely N-dealkylation sites (tertiary alicyclic amines) is 1. The van der Waals surface area contributed by atoms with Gasteiger partial charge in [0.1, 0.15) is 11.7 Å². The predicted molar refractivity (Wildman–Crippen MR) is 114 cm³/mol. The van der Waals surface area contributed by atoms with Gasteiger partial charge in [-0.3, -0.25) is 14.9 Å². The molecule has 1 aromatic carbocycles. The molecule has 2 aliphatic heterocycles. The fourth-order valence-electron chi connectivity index (χ4n) is 4.72. The van der Waals surface area contributed by atoms with Gasteiger partial charge < -0.3 is 14.5 Å². The number of carbonyl (C=O) groups excluding carboxylic acids is 1. The van der Waals surface area contributed by atoms with E-state index < -0.39 is 11.6 Å². The lowest BCUT2D eigenvalue weighted by molar-refractivity contribution is -0.591. The van der Waals surface area contributed by atoms with Crippen LogP contribution in [0, 0.1) is 16.0 Å². The molecule has 0 spiro atoms. The Labute approximate surface area is 176 Å². The highest BCUT2D eigenvalue weighted by Crippen LogP contribution is 2.36. The van der Waals surface area contributed by atoms with Crippen LogP contribution in [-0.4, -0.2) is 72.7 Å². The van der Waals surface area contributed by atoms with Gasteiger partial charge in [-0.1, -0.05) is 18.2 Å². The molecule has 2 atom stereocenters. The van der Waals surface area contributed by atoms with Crippen molar-refractivity contribution in [1.82, 2.24) is 9.80 Å². The van der Waals surface area contributed by atoms with E-state index in [2.05, 4.69) is 4.90 Å². The van der Waals surface area contributed by atoms with Crippen molar-refractivity contribution in [2.24, 2.45) is 5.92 Å². The normalized spacial score (nSPS) is 26.8. The van der Waals surface area contributed by atoms with Gasteiger partial charge in [0.05, 0.1) is 7.11 Å². The van der Waals surface area contributed by atoms with E-state index in [1.807, 2.05) is 29.2 Å². The SMILES string of the molecule is COc1ccc(N2CCN(C(=O)C3C=CC=CC3(N3CCCC3)[N+](=O)[O-])CC2)cc1. The van der Waals surface area contributed by atoms with Crippen molar-refractivity contribution in [3.8, 4) is 5.75 Å². The standard InChI is InChI=1S/C22H28N4O4/c1-30-19-9-7-18(8-10-19)23-14-16-24(17-15-23)21(27)20-6-2-3-11-22(20,26(28)29)25-12-4-5-13-25/h2-3,6-11,20H,4-5,12-17H2,1H3. The molecule has 160 valence electrons. The Morgan fingerprint density at radius 2 is 1.73 bits per heavy atom. The van der Waals surface area contributed by atoms with E-state index in [4.69, 9.17) is 4.74 Å². The van der Waals surface area contributed by atoms with E-state index >= 15 is 0 Å². The van der Waals surface area contributed by atoms with Crippen LogP contribution in [0.3, 0.4) is 0 Å². The summed E-state index contributed by atoms with van der Waals surface area (Å²) in [7, 11) is 1.64. The smallest absolute Gasteiger partial charge is 0.311 e. The first-order valence-corrected chi connectivity index (χ1v) is 10.5. The second kappa shape index (κ2) is 8.47. The van der Waals surface area contributed by atoms with Gasteiger partial charge in [-0.25, -0.2) is 4.90 Å². The van der Waals surface area contributed by atoms with Gasteiger partial charge in [-0.2, -0.15) is 0 Å². The third-order valence-electron chi connectivity index (χ3n) is 6.41. The molecule has 0 N–H and O–H groups in total. The van der Waals surface area contributed by atoms with Crippen LogP contribution in [0.25, 0.3) is 0 Å². The molecule has 2 saturated heterocycles.